The van der Waals surface area contributed by atoms with Crippen LogP contribution in [0.2, 0.25) is 0 Å². The second-order valence-corrected chi connectivity index (χ2v) is 7.58. The molecule has 0 aliphatic carbocycles. The van der Waals surface area contributed by atoms with Gasteiger partial charge in [-0.05, 0) is 56.9 Å². The van der Waals surface area contributed by atoms with Gasteiger partial charge >= 0.3 is 6.09 Å². The molecule has 2 rings (SSSR count). The molecular weight excluding hydrogens is 328 g/mol. The molecule has 2 amide bonds. The molecule has 0 aromatic heterocycles. The first-order valence-electron chi connectivity index (χ1n) is 8.11. The zero-order valence-corrected chi connectivity index (χ0v) is 15.4. The molecule has 1 heterocycles. The van der Waals surface area contributed by atoms with Gasteiger partial charge in [0.15, 0.2) is 0 Å². The lowest BCUT2D eigenvalue weighted by Crippen LogP contribution is -2.27. The Hall–Kier alpha value is -1.75. The van der Waals surface area contributed by atoms with Gasteiger partial charge in [0.05, 0.1) is 0 Å². The lowest BCUT2D eigenvalue weighted by atomic mass is 10.1. The van der Waals surface area contributed by atoms with Crippen molar-refractivity contribution in [3.63, 3.8) is 0 Å². The monoisotopic (exact) mass is 352 g/mol. The number of nitrogens with one attached hydrogen (secondary N) is 1. The fourth-order valence-electron chi connectivity index (χ4n) is 2.66. The van der Waals surface area contributed by atoms with Gasteiger partial charge in [0, 0.05) is 31.1 Å². The van der Waals surface area contributed by atoms with Crippen molar-refractivity contribution in [2.24, 2.45) is 5.92 Å². The van der Waals surface area contributed by atoms with E-state index in [0.29, 0.717) is 31.1 Å². The Labute approximate surface area is 148 Å². The molecule has 1 aliphatic rings. The number of ether oxygens (including phenoxy) is 1. The van der Waals surface area contributed by atoms with Crippen LogP contribution in [0.25, 0.3) is 0 Å². The molecule has 0 spiro atoms. The first-order valence-corrected chi connectivity index (χ1v) is 8.64. The van der Waals surface area contributed by atoms with Crippen LogP contribution < -0.4 is 5.32 Å². The van der Waals surface area contributed by atoms with E-state index in [0.717, 1.165) is 11.1 Å². The third-order valence-electron chi connectivity index (χ3n) is 3.87. The van der Waals surface area contributed by atoms with Gasteiger partial charge in [-0.2, -0.15) is 0 Å². The Morgan fingerprint density at radius 1 is 1.42 bits per heavy atom. The molecular formula is C18H25ClN2O3. The Balaban J connectivity index is 2.06. The summed E-state index contributed by atoms with van der Waals surface area (Å²) >= 11 is 5.87. The third-order valence-corrected chi connectivity index (χ3v) is 4.30. The standard InChI is InChI=1S/C18H25ClN2O3/c1-12-5-6-15(20-17(23)24-18(2,3)4)8-14(12)11-21-10-13(9-19)7-16(21)22/h5-6,8,13H,7,9-11H2,1-4H3,(H,20,23). The smallest absolute Gasteiger partial charge is 0.412 e. The Morgan fingerprint density at radius 3 is 2.71 bits per heavy atom. The molecule has 1 N–H and O–H groups in total. The molecule has 0 radical (unpaired) electrons. The second-order valence-electron chi connectivity index (χ2n) is 7.27. The van der Waals surface area contributed by atoms with Crippen LogP contribution in [0.5, 0.6) is 0 Å². The number of alkyl halides is 1. The van der Waals surface area contributed by atoms with E-state index in [-0.39, 0.29) is 11.8 Å². The van der Waals surface area contributed by atoms with Crippen LogP contribution in [0.4, 0.5) is 10.5 Å². The number of aryl methyl sites for hydroxylation is 1. The van der Waals surface area contributed by atoms with E-state index >= 15 is 0 Å². The van der Waals surface area contributed by atoms with Crippen molar-refractivity contribution in [3.05, 3.63) is 29.3 Å². The topological polar surface area (TPSA) is 58.6 Å². The highest BCUT2D eigenvalue weighted by atomic mass is 35.5. The maximum atomic E-state index is 12.1. The van der Waals surface area contributed by atoms with E-state index in [1.807, 2.05) is 50.8 Å². The number of carbonyl (C=O) groups excluding carboxylic acids is 2. The molecule has 6 heteroatoms. The average Bonchev–Trinajstić information content (AvgIpc) is 2.81. The van der Waals surface area contributed by atoms with Crippen molar-refractivity contribution in [1.29, 1.82) is 0 Å². The van der Waals surface area contributed by atoms with Crippen LogP contribution in [0.1, 0.15) is 38.3 Å². The zero-order valence-electron chi connectivity index (χ0n) is 14.7. The minimum atomic E-state index is -0.545. The summed E-state index contributed by atoms with van der Waals surface area (Å²) in [6, 6.07) is 5.65. The van der Waals surface area contributed by atoms with Crippen LogP contribution >= 0.6 is 11.6 Å². The number of nitrogens with zero attached hydrogens (tertiary/aromatic N) is 1. The summed E-state index contributed by atoms with van der Waals surface area (Å²) < 4.78 is 5.26. The summed E-state index contributed by atoms with van der Waals surface area (Å²) in [5.41, 5.74) is 2.19. The Bertz CT molecular complexity index is 625. The number of hydrogen-bond acceptors (Lipinski definition) is 3. The van der Waals surface area contributed by atoms with Crippen molar-refractivity contribution >= 4 is 29.3 Å². The van der Waals surface area contributed by atoms with Gasteiger partial charge in [0.1, 0.15) is 5.60 Å². The van der Waals surface area contributed by atoms with Gasteiger partial charge in [-0.15, -0.1) is 11.6 Å². The summed E-state index contributed by atoms with van der Waals surface area (Å²) in [6.07, 6.45) is 0.0232. The summed E-state index contributed by atoms with van der Waals surface area (Å²) in [7, 11) is 0. The van der Waals surface area contributed by atoms with Crippen LogP contribution in [-0.2, 0) is 16.1 Å². The molecule has 1 atom stereocenters. The van der Waals surface area contributed by atoms with Gasteiger partial charge in [-0.3, -0.25) is 10.1 Å². The number of carbonyl (C=O) groups is 2. The second kappa shape index (κ2) is 7.43. The Morgan fingerprint density at radius 2 is 2.12 bits per heavy atom. The molecule has 1 unspecified atom stereocenters. The summed E-state index contributed by atoms with van der Waals surface area (Å²) in [5.74, 6) is 0.856. The normalized spacial score (nSPS) is 18.0. The quantitative estimate of drug-likeness (QED) is 0.835. The van der Waals surface area contributed by atoms with Gasteiger partial charge in [-0.1, -0.05) is 6.07 Å². The van der Waals surface area contributed by atoms with Crippen molar-refractivity contribution in [2.45, 2.75) is 46.3 Å². The fraction of sp³-hybridized carbons (Fsp3) is 0.556. The molecule has 1 saturated heterocycles. The highest BCUT2D eigenvalue weighted by Gasteiger charge is 2.29. The number of anilines is 1. The average molecular weight is 353 g/mol. The lowest BCUT2D eigenvalue weighted by Gasteiger charge is -2.21. The van der Waals surface area contributed by atoms with E-state index in [1.165, 1.54) is 0 Å². The molecule has 0 saturated carbocycles. The highest BCUT2D eigenvalue weighted by molar-refractivity contribution is 6.18. The minimum absolute atomic E-state index is 0.130. The number of benzene rings is 1. The maximum Gasteiger partial charge on any atom is 0.412 e. The van der Waals surface area contributed by atoms with Crippen LogP contribution in [-0.4, -0.2) is 34.9 Å². The zero-order chi connectivity index (χ0) is 17.9. The largest absolute Gasteiger partial charge is 0.444 e. The molecule has 132 valence electrons. The molecule has 1 aromatic carbocycles. The first kappa shape index (κ1) is 18.6. The number of likely N-dealkylation sites (tertiary alicyclic amines) is 1. The van der Waals surface area contributed by atoms with E-state index in [4.69, 9.17) is 16.3 Å². The molecule has 24 heavy (non-hydrogen) atoms. The number of rotatable bonds is 4. The summed E-state index contributed by atoms with van der Waals surface area (Å²) in [6.45, 7) is 8.66. The molecule has 5 nitrogen and oxygen atoms in total. The molecule has 1 aliphatic heterocycles. The molecule has 0 bridgehead atoms. The summed E-state index contributed by atoms with van der Waals surface area (Å²) in [4.78, 5) is 25.8. The fourth-order valence-corrected chi connectivity index (χ4v) is 2.86. The van der Waals surface area contributed by atoms with E-state index < -0.39 is 11.7 Å². The van der Waals surface area contributed by atoms with Crippen molar-refractivity contribution < 1.29 is 14.3 Å². The van der Waals surface area contributed by atoms with Crippen LogP contribution in [0, 0.1) is 12.8 Å². The maximum absolute atomic E-state index is 12.1. The van der Waals surface area contributed by atoms with Gasteiger partial charge in [0.2, 0.25) is 5.91 Å². The van der Waals surface area contributed by atoms with Gasteiger partial charge < -0.3 is 9.64 Å². The third kappa shape index (κ3) is 5.13. The SMILES string of the molecule is Cc1ccc(NC(=O)OC(C)(C)C)cc1CN1CC(CCl)CC1=O. The lowest BCUT2D eigenvalue weighted by molar-refractivity contribution is -0.128. The van der Waals surface area contributed by atoms with E-state index in [1.54, 1.807) is 0 Å². The van der Waals surface area contributed by atoms with Crippen molar-refractivity contribution in [1.82, 2.24) is 4.90 Å². The first-order chi connectivity index (χ1) is 11.2. The summed E-state index contributed by atoms with van der Waals surface area (Å²) in [5, 5.41) is 2.74. The predicted octanol–water partition coefficient (Wildman–Crippen LogP) is 3.93. The molecule has 1 aromatic rings. The van der Waals surface area contributed by atoms with Crippen molar-refractivity contribution in [2.75, 3.05) is 17.7 Å². The van der Waals surface area contributed by atoms with Crippen molar-refractivity contribution in [3.8, 4) is 0 Å². The number of hydrogen-bond donors (Lipinski definition) is 1. The van der Waals surface area contributed by atoms with Gasteiger partial charge in [0.25, 0.3) is 0 Å². The molecule has 1 fully saturated rings. The highest BCUT2D eigenvalue weighted by Crippen LogP contribution is 2.24. The predicted molar refractivity (Wildman–Crippen MR) is 95.3 cm³/mol. The van der Waals surface area contributed by atoms with E-state index in [9.17, 15) is 9.59 Å². The Kier molecular flexibility index (Phi) is 5.75. The van der Waals surface area contributed by atoms with Crippen LogP contribution in [0.3, 0.4) is 0 Å². The number of halogens is 1. The number of amides is 2. The minimum Gasteiger partial charge on any atom is -0.444 e. The van der Waals surface area contributed by atoms with Crippen LogP contribution in [0.15, 0.2) is 18.2 Å². The van der Waals surface area contributed by atoms with Gasteiger partial charge in [-0.25, -0.2) is 4.79 Å². The van der Waals surface area contributed by atoms with E-state index in [2.05, 4.69) is 5.32 Å².